The third-order valence-electron chi connectivity index (χ3n) is 6.80. The molecule has 1 amide bonds. The predicted octanol–water partition coefficient (Wildman–Crippen LogP) is 3.62. The highest BCUT2D eigenvalue weighted by atomic mass is 32.2. The maximum Gasteiger partial charge on any atom is 0.336 e. The highest BCUT2D eigenvalue weighted by Crippen LogP contribution is 2.54. The fourth-order valence-corrected chi connectivity index (χ4v) is 6.61. The summed E-state index contributed by atoms with van der Waals surface area (Å²) in [7, 11) is -1.47. The van der Waals surface area contributed by atoms with Crippen LogP contribution < -0.4 is 4.90 Å². The number of sulfonamides is 1. The maximum atomic E-state index is 13.9. The number of benzene rings is 3. The van der Waals surface area contributed by atoms with Gasteiger partial charge < -0.3 is 9.64 Å². The van der Waals surface area contributed by atoms with Crippen molar-refractivity contribution < 1.29 is 27.7 Å². The maximum absolute atomic E-state index is 13.9. The monoisotopic (exact) mass is 533 g/mol. The van der Waals surface area contributed by atoms with Crippen LogP contribution >= 0.6 is 0 Å². The van der Waals surface area contributed by atoms with Crippen molar-refractivity contribution in [2.75, 3.05) is 19.1 Å². The van der Waals surface area contributed by atoms with Crippen LogP contribution in [0.15, 0.2) is 83.3 Å². The molecule has 0 aliphatic carbocycles. The molecular weight excluding hydrogens is 510 g/mol. The van der Waals surface area contributed by atoms with Crippen molar-refractivity contribution in [3.8, 4) is 0 Å². The van der Waals surface area contributed by atoms with Crippen LogP contribution in [0.4, 0.5) is 11.4 Å². The van der Waals surface area contributed by atoms with Gasteiger partial charge in [0.2, 0.25) is 10.0 Å². The molecule has 0 radical (unpaired) electrons. The topological polar surface area (TPSA) is 127 Å². The van der Waals surface area contributed by atoms with E-state index in [1.54, 1.807) is 49.5 Å². The number of hydrogen-bond donors (Lipinski definition) is 0. The van der Waals surface area contributed by atoms with Crippen molar-refractivity contribution in [1.29, 1.82) is 0 Å². The molecule has 5 rings (SSSR count). The number of nitrogens with zero attached hydrogens (tertiary/aromatic N) is 3. The van der Waals surface area contributed by atoms with Gasteiger partial charge >= 0.3 is 5.97 Å². The summed E-state index contributed by atoms with van der Waals surface area (Å²) in [4.78, 5) is 38.9. The lowest BCUT2D eigenvalue weighted by atomic mass is 9.95. The normalized spacial score (nSPS) is 21.6. The number of carbonyl (C=O) groups excluding carboxylic acids is 2. The second kappa shape index (κ2) is 9.19. The number of ether oxygens (including phenoxy) is 1. The quantitative estimate of drug-likeness (QED) is 0.156. The molecule has 2 aliphatic heterocycles. The number of fused-ring (bicyclic) bond motifs is 1. The first-order valence-electron chi connectivity index (χ1n) is 11.6. The van der Waals surface area contributed by atoms with Crippen molar-refractivity contribution in [2.24, 2.45) is 0 Å². The Morgan fingerprint density at radius 3 is 2.37 bits per heavy atom. The highest BCUT2D eigenvalue weighted by Gasteiger charge is 2.61. The number of amides is 1. The molecule has 1 saturated heterocycles. The molecule has 0 N–H and O–H groups in total. The molecule has 11 heteroatoms. The number of carbonyl (C=O) groups is 2. The van der Waals surface area contributed by atoms with Gasteiger partial charge in [-0.3, -0.25) is 14.9 Å². The number of esters is 1. The van der Waals surface area contributed by atoms with Gasteiger partial charge in [0.1, 0.15) is 0 Å². The van der Waals surface area contributed by atoms with E-state index >= 15 is 0 Å². The molecular formula is C27H23N3O7S. The first-order chi connectivity index (χ1) is 18.1. The lowest BCUT2D eigenvalue weighted by molar-refractivity contribution is -0.384. The second-order valence-corrected chi connectivity index (χ2v) is 10.9. The Labute approximate surface area is 218 Å². The summed E-state index contributed by atoms with van der Waals surface area (Å²) in [6, 6.07) is 16.6. The van der Waals surface area contributed by atoms with Crippen molar-refractivity contribution in [3.63, 3.8) is 0 Å². The summed E-state index contributed by atoms with van der Waals surface area (Å²) in [6.45, 7) is 1.82. The molecule has 2 heterocycles. The Morgan fingerprint density at radius 1 is 1.03 bits per heavy atom. The molecule has 0 spiro atoms. The van der Waals surface area contributed by atoms with Crippen LogP contribution in [0.5, 0.6) is 0 Å². The number of rotatable bonds is 6. The smallest absolute Gasteiger partial charge is 0.336 e. The van der Waals surface area contributed by atoms with Crippen LogP contribution in [-0.4, -0.2) is 49.7 Å². The molecule has 2 aliphatic rings. The van der Waals surface area contributed by atoms with Gasteiger partial charge in [-0.15, -0.1) is 0 Å². The number of nitro groups is 1. The van der Waals surface area contributed by atoms with Gasteiger partial charge in [-0.1, -0.05) is 48.0 Å². The third-order valence-corrected chi connectivity index (χ3v) is 8.68. The Hall–Kier alpha value is -4.35. The van der Waals surface area contributed by atoms with E-state index in [2.05, 4.69) is 0 Å². The minimum absolute atomic E-state index is 0.00878. The van der Waals surface area contributed by atoms with E-state index in [1.807, 2.05) is 6.92 Å². The summed E-state index contributed by atoms with van der Waals surface area (Å²) in [5, 5.41) is 11.5. The molecule has 1 fully saturated rings. The standard InChI is InChI=1S/C27H23N3O7S/c1-16-11-13-19(14-12-16)38(35,36)29-24(17-7-6-8-18(15-17)30(33)34)25(29)23(27(32)37-3)22-20-9-4-5-10-21(20)28(2)26(22)31/h4-15,24-25H,1-3H3/b23-22-/t24-,25+,29?/m0/s1. The minimum Gasteiger partial charge on any atom is -0.466 e. The predicted molar refractivity (Wildman–Crippen MR) is 139 cm³/mol. The van der Waals surface area contributed by atoms with Crippen LogP contribution in [0.1, 0.15) is 22.7 Å². The molecule has 10 nitrogen and oxygen atoms in total. The van der Waals surface area contributed by atoms with E-state index in [1.165, 1.54) is 35.2 Å². The van der Waals surface area contributed by atoms with E-state index in [-0.39, 0.29) is 21.7 Å². The van der Waals surface area contributed by atoms with Crippen LogP contribution in [-0.2, 0) is 24.3 Å². The van der Waals surface area contributed by atoms with Gasteiger partial charge in [0, 0.05) is 24.7 Å². The number of non-ortho nitro benzene ring substituents is 1. The molecule has 0 aromatic heterocycles. The number of aryl methyl sites for hydroxylation is 1. The third kappa shape index (κ3) is 3.96. The zero-order chi connectivity index (χ0) is 27.4. The summed E-state index contributed by atoms with van der Waals surface area (Å²) in [5.41, 5.74) is 1.89. The average Bonchev–Trinajstić information content (AvgIpc) is 3.61. The van der Waals surface area contributed by atoms with Crippen LogP contribution in [0.25, 0.3) is 5.57 Å². The second-order valence-electron chi connectivity index (χ2n) is 9.05. The molecule has 3 atom stereocenters. The fraction of sp³-hybridized carbons (Fsp3) is 0.185. The van der Waals surface area contributed by atoms with E-state index in [0.717, 1.165) is 17.0 Å². The summed E-state index contributed by atoms with van der Waals surface area (Å²) in [6.07, 6.45) is 0. The van der Waals surface area contributed by atoms with Gasteiger partial charge in [-0.05, 0) is 30.7 Å². The minimum atomic E-state index is -4.19. The fourth-order valence-electron chi connectivity index (χ4n) is 4.89. The van der Waals surface area contributed by atoms with Crippen LogP contribution in [0.3, 0.4) is 0 Å². The largest absolute Gasteiger partial charge is 0.466 e. The number of methoxy groups -OCH3 is 1. The number of likely N-dealkylation sites (N-methyl/N-ethyl adjacent to an activating group) is 1. The summed E-state index contributed by atoms with van der Waals surface area (Å²) >= 11 is 0. The summed E-state index contributed by atoms with van der Waals surface area (Å²) in [5.74, 6) is -1.34. The molecule has 0 bridgehead atoms. The Bertz CT molecular complexity index is 1630. The van der Waals surface area contributed by atoms with E-state index in [4.69, 9.17) is 4.74 Å². The zero-order valence-corrected chi connectivity index (χ0v) is 21.5. The van der Waals surface area contributed by atoms with Gasteiger partial charge in [0.25, 0.3) is 11.6 Å². The molecule has 0 saturated carbocycles. The van der Waals surface area contributed by atoms with Crippen molar-refractivity contribution >= 4 is 38.8 Å². The van der Waals surface area contributed by atoms with Gasteiger partial charge in [0.15, 0.2) is 0 Å². The average molecular weight is 534 g/mol. The zero-order valence-electron chi connectivity index (χ0n) is 20.7. The number of para-hydroxylation sites is 1. The molecule has 1 unspecified atom stereocenters. The Balaban J connectivity index is 1.74. The molecule has 38 heavy (non-hydrogen) atoms. The van der Waals surface area contributed by atoms with E-state index in [9.17, 15) is 28.1 Å². The van der Waals surface area contributed by atoms with Gasteiger partial charge in [0.05, 0.1) is 45.8 Å². The molecule has 3 aromatic rings. The van der Waals surface area contributed by atoms with Crippen LogP contribution in [0.2, 0.25) is 0 Å². The molecule has 194 valence electrons. The van der Waals surface area contributed by atoms with Crippen molar-refractivity contribution in [1.82, 2.24) is 4.31 Å². The number of anilines is 1. The summed E-state index contributed by atoms with van der Waals surface area (Å²) < 4.78 is 33.9. The van der Waals surface area contributed by atoms with E-state index < -0.39 is 38.9 Å². The van der Waals surface area contributed by atoms with E-state index in [0.29, 0.717) is 16.8 Å². The first-order valence-corrected chi connectivity index (χ1v) is 13.1. The SMILES string of the molecule is COC(=O)/C(=C1\C(=O)N(C)c2ccccc21)[C@@H]1[C@H](c2cccc([N+](=O)[O-])c2)N1S(=O)(=O)c1ccc(C)cc1. The van der Waals surface area contributed by atoms with Crippen LogP contribution in [0, 0.1) is 17.0 Å². The lowest BCUT2D eigenvalue weighted by Crippen LogP contribution is -2.25. The molecule has 3 aromatic carbocycles. The van der Waals surface area contributed by atoms with Gasteiger partial charge in [-0.25, -0.2) is 13.2 Å². The first kappa shape index (κ1) is 25.3. The number of hydrogen-bond acceptors (Lipinski definition) is 7. The Kier molecular flexibility index (Phi) is 6.12. The van der Waals surface area contributed by atoms with Crippen molar-refractivity contribution in [3.05, 3.63) is 105 Å². The van der Waals surface area contributed by atoms with Gasteiger partial charge in [-0.2, -0.15) is 4.31 Å². The Morgan fingerprint density at radius 2 is 1.71 bits per heavy atom. The van der Waals surface area contributed by atoms with Crippen molar-refractivity contribution in [2.45, 2.75) is 23.9 Å². The number of nitro benzene ring substituents is 1. The lowest BCUT2D eigenvalue weighted by Gasteiger charge is -2.11. The highest BCUT2D eigenvalue weighted by molar-refractivity contribution is 7.89.